The molecule has 0 saturated carbocycles. The lowest BCUT2D eigenvalue weighted by Gasteiger charge is -2.11. The van der Waals surface area contributed by atoms with Crippen LogP contribution < -0.4 is 10.1 Å². The van der Waals surface area contributed by atoms with Crippen molar-refractivity contribution < 1.29 is 18.7 Å². The van der Waals surface area contributed by atoms with E-state index < -0.39 is 0 Å². The zero-order valence-electron chi connectivity index (χ0n) is 16.1. The Hall–Kier alpha value is -2.97. The van der Waals surface area contributed by atoms with Gasteiger partial charge in [0.2, 0.25) is 0 Å². The van der Waals surface area contributed by atoms with Crippen molar-refractivity contribution in [2.24, 2.45) is 0 Å². The van der Waals surface area contributed by atoms with Crippen LogP contribution in [0.15, 0.2) is 70.8 Å². The lowest BCUT2D eigenvalue weighted by Crippen LogP contribution is -2.31. The highest BCUT2D eigenvalue weighted by molar-refractivity contribution is 7.99. The Morgan fingerprint density at radius 1 is 1.13 bits per heavy atom. The second-order valence-electron chi connectivity index (χ2n) is 6.69. The molecule has 1 aromatic heterocycles. The molecule has 0 aliphatic carbocycles. The van der Waals surface area contributed by atoms with Crippen LogP contribution in [-0.4, -0.2) is 35.1 Å². The lowest BCUT2D eigenvalue weighted by molar-refractivity contribution is 0.0858. The van der Waals surface area contributed by atoms with Gasteiger partial charge in [0, 0.05) is 36.0 Å². The van der Waals surface area contributed by atoms with Crippen LogP contribution in [0.2, 0.25) is 0 Å². The molecule has 3 aromatic rings. The van der Waals surface area contributed by atoms with Gasteiger partial charge in [-0.25, -0.2) is 14.4 Å². The van der Waals surface area contributed by atoms with Crippen molar-refractivity contribution in [1.82, 2.24) is 15.3 Å². The van der Waals surface area contributed by atoms with Crippen LogP contribution in [0.5, 0.6) is 11.6 Å². The quantitative estimate of drug-likeness (QED) is 0.602. The van der Waals surface area contributed by atoms with E-state index in [1.54, 1.807) is 42.6 Å². The number of rotatable bonds is 7. The third kappa shape index (κ3) is 5.34. The summed E-state index contributed by atoms with van der Waals surface area (Å²) in [5.41, 5.74) is 0.542. The highest BCUT2D eigenvalue weighted by Gasteiger charge is 2.17. The Kier molecular flexibility index (Phi) is 6.56. The van der Waals surface area contributed by atoms with E-state index in [9.17, 15) is 9.18 Å². The first-order valence-corrected chi connectivity index (χ1v) is 10.4. The van der Waals surface area contributed by atoms with Crippen LogP contribution in [0.1, 0.15) is 23.2 Å². The van der Waals surface area contributed by atoms with E-state index in [0.717, 1.165) is 24.3 Å². The highest BCUT2D eigenvalue weighted by Crippen LogP contribution is 2.33. The molecule has 0 spiro atoms. The molecule has 1 saturated heterocycles. The van der Waals surface area contributed by atoms with Crippen molar-refractivity contribution in [1.29, 1.82) is 0 Å². The van der Waals surface area contributed by atoms with Crippen molar-refractivity contribution in [2.75, 3.05) is 13.2 Å². The predicted octanol–water partition coefficient (Wildman–Crippen LogP) is 4.47. The predicted molar refractivity (Wildman–Crippen MR) is 110 cm³/mol. The van der Waals surface area contributed by atoms with Crippen LogP contribution in [0, 0.1) is 5.82 Å². The number of ether oxygens (including phenoxy) is 2. The second kappa shape index (κ2) is 9.69. The van der Waals surface area contributed by atoms with Gasteiger partial charge in [0.05, 0.1) is 6.10 Å². The maximum atomic E-state index is 13.1. The van der Waals surface area contributed by atoms with E-state index in [1.165, 1.54) is 30.1 Å². The van der Waals surface area contributed by atoms with E-state index in [0.29, 0.717) is 28.8 Å². The Balaban J connectivity index is 1.39. The minimum atomic E-state index is -0.296. The molecule has 30 heavy (non-hydrogen) atoms. The molecule has 6 nitrogen and oxygen atoms in total. The molecular formula is C22H20FN3O3S. The summed E-state index contributed by atoms with van der Waals surface area (Å²) in [6.07, 6.45) is 5.22. The number of carbonyl (C=O) groups excluding carboxylic acids is 1. The summed E-state index contributed by atoms with van der Waals surface area (Å²) in [7, 11) is 0. The topological polar surface area (TPSA) is 73.3 Å². The van der Waals surface area contributed by atoms with Crippen LogP contribution in [0.3, 0.4) is 0 Å². The molecule has 1 N–H and O–H groups in total. The van der Waals surface area contributed by atoms with Gasteiger partial charge in [-0.1, -0.05) is 11.8 Å². The molecule has 2 heterocycles. The minimum Gasteiger partial charge on any atom is -0.437 e. The van der Waals surface area contributed by atoms with Gasteiger partial charge in [-0.05, 0) is 61.4 Å². The number of benzene rings is 2. The number of hydrogen-bond donors (Lipinski definition) is 1. The molecule has 0 radical (unpaired) electrons. The average Bonchev–Trinajstić information content (AvgIpc) is 3.29. The van der Waals surface area contributed by atoms with E-state index in [1.807, 2.05) is 0 Å². The SMILES string of the molecule is O=C(NCC1CCCO1)c1ccc(Oc2nccnc2Sc2ccc(F)cc2)cc1. The Labute approximate surface area is 177 Å². The van der Waals surface area contributed by atoms with Crippen molar-refractivity contribution in [2.45, 2.75) is 28.9 Å². The summed E-state index contributed by atoms with van der Waals surface area (Å²) in [4.78, 5) is 21.7. The Morgan fingerprint density at radius 3 is 2.63 bits per heavy atom. The largest absolute Gasteiger partial charge is 0.437 e. The van der Waals surface area contributed by atoms with E-state index in [-0.39, 0.29) is 17.8 Å². The zero-order valence-corrected chi connectivity index (χ0v) is 16.9. The number of nitrogens with zero attached hydrogens (tertiary/aromatic N) is 2. The maximum Gasteiger partial charge on any atom is 0.252 e. The van der Waals surface area contributed by atoms with Crippen molar-refractivity contribution >= 4 is 17.7 Å². The number of halogens is 1. The third-order valence-electron chi connectivity index (χ3n) is 4.51. The molecule has 1 aliphatic rings. The number of hydrogen-bond acceptors (Lipinski definition) is 6. The third-order valence-corrected chi connectivity index (χ3v) is 5.49. The normalized spacial score (nSPS) is 15.7. The van der Waals surface area contributed by atoms with Crippen LogP contribution in [0.4, 0.5) is 4.39 Å². The van der Waals surface area contributed by atoms with Crippen LogP contribution >= 0.6 is 11.8 Å². The van der Waals surface area contributed by atoms with Gasteiger partial charge in [0.15, 0.2) is 5.03 Å². The summed E-state index contributed by atoms with van der Waals surface area (Å²) in [5.74, 6) is 0.425. The molecule has 8 heteroatoms. The van der Waals surface area contributed by atoms with Gasteiger partial charge in [0.1, 0.15) is 11.6 Å². The fraction of sp³-hybridized carbons (Fsp3) is 0.227. The van der Waals surface area contributed by atoms with Crippen molar-refractivity contribution in [3.8, 4) is 11.6 Å². The average molecular weight is 425 g/mol. The van der Waals surface area contributed by atoms with E-state index in [4.69, 9.17) is 9.47 Å². The molecule has 2 aromatic carbocycles. The zero-order chi connectivity index (χ0) is 20.8. The second-order valence-corrected chi connectivity index (χ2v) is 7.76. The van der Waals surface area contributed by atoms with Crippen molar-refractivity contribution in [3.05, 3.63) is 72.3 Å². The molecule has 0 bridgehead atoms. The van der Waals surface area contributed by atoms with Gasteiger partial charge in [-0.3, -0.25) is 4.79 Å². The monoisotopic (exact) mass is 425 g/mol. The van der Waals surface area contributed by atoms with Crippen molar-refractivity contribution in [3.63, 3.8) is 0 Å². The molecule has 1 fully saturated rings. The van der Waals surface area contributed by atoms with Gasteiger partial charge in [-0.15, -0.1) is 0 Å². The van der Waals surface area contributed by atoms with E-state index in [2.05, 4.69) is 15.3 Å². The van der Waals surface area contributed by atoms with Crippen LogP contribution in [0.25, 0.3) is 0 Å². The lowest BCUT2D eigenvalue weighted by atomic mass is 10.2. The fourth-order valence-corrected chi connectivity index (χ4v) is 3.76. The first-order valence-electron chi connectivity index (χ1n) is 9.59. The maximum absolute atomic E-state index is 13.1. The highest BCUT2D eigenvalue weighted by atomic mass is 32.2. The Bertz CT molecular complexity index is 993. The molecule has 154 valence electrons. The van der Waals surface area contributed by atoms with Gasteiger partial charge < -0.3 is 14.8 Å². The number of carbonyl (C=O) groups is 1. The standard InChI is InChI=1S/C22H20FN3O3S/c23-16-5-9-19(10-6-16)30-22-21(24-11-12-25-22)29-17-7-3-15(4-8-17)20(27)26-14-18-2-1-13-28-18/h3-12,18H,1-2,13-14H2,(H,26,27). The molecule has 1 amide bonds. The summed E-state index contributed by atoms with van der Waals surface area (Å²) in [6.45, 7) is 1.27. The fourth-order valence-electron chi connectivity index (χ4n) is 2.97. The number of nitrogens with one attached hydrogen (secondary N) is 1. The molecular weight excluding hydrogens is 405 g/mol. The van der Waals surface area contributed by atoms with Gasteiger partial charge in [-0.2, -0.15) is 0 Å². The molecule has 1 atom stereocenters. The number of amides is 1. The molecule has 1 unspecified atom stereocenters. The van der Waals surface area contributed by atoms with Crippen LogP contribution in [-0.2, 0) is 4.74 Å². The first kappa shape index (κ1) is 20.3. The summed E-state index contributed by atoms with van der Waals surface area (Å²) < 4.78 is 24.5. The Morgan fingerprint density at radius 2 is 1.90 bits per heavy atom. The minimum absolute atomic E-state index is 0.102. The summed E-state index contributed by atoms with van der Waals surface area (Å²) >= 11 is 1.33. The first-order chi connectivity index (χ1) is 14.7. The van der Waals surface area contributed by atoms with Gasteiger partial charge >= 0.3 is 0 Å². The molecule has 4 rings (SSSR count). The van der Waals surface area contributed by atoms with E-state index >= 15 is 0 Å². The number of aromatic nitrogens is 2. The van der Waals surface area contributed by atoms with Gasteiger partial charge in [0.25, 0.3) is 11.8 Å². The summed E-state index contributed by atoms with van der Waals surface area (Å²) in [5, 5.41) is 3.45. The smallest absolute Gasteiger partial charge is 0.252 e. The summed E-state index contributed by atoms with van der Waals surface area (Å²) in [6, 6.07) is 12.9. The molecule has 1 aliphatic heterocycles.